The van der Waals surface area contributed by atoms with Gasteiger partial charge in [-0.05, 0) is 37.3 Å². The number of pyridine rings is 1. The Morgan fingerprint density at radius 1 is 1.12 bits per heavy atom. The number of hydrogen-bond acceptors (Lipinski definition) is 8. The van der Waals surface area contributed by atoms with E-state index < -0.39 is 31.9 Å². The van der Waals surface area contributed by atoms with Gasteiger partial charge in [-0.2, -0.15) is 4.31 Å². The van der Waals surface area contributed by atoms with Crippen LogP contribution in [0.3, 0.4) is 0 Å². The summed E-state index contributed by atoms with van der Waals surface area (Å²) in [5.41, 5.74) is -0.00139. The molecule has 0 spiro atoms. The maximum absolute atomic E-state index is 13.6. The van der Waals surface area contributed by atoms with Crippen molar-refractivity contribution in [2.24, 2.45) is 5.92 Å². The largest absolute Gasteiger partial charge is 0.492 e. The van der Waals surface area contributed by atoms with Crippen LogP contribution in [-0.4, -0.2) is 70.6 Å². The molecule has 3 heterocycles. The number of sulfonamides is 2. The van der Waals surface area contributed by atoms with E-state index in [0.29, 0.717) is 17.4 Å². The highest BCUT2D eigenvalue weighted by Gasteiger charge is 2.43. The average molecular weight is 495 g/mol. The summed E-state index contributed by atoms with van der Waals surface area (Å²) in [6.07, 6.45) is 1.69. The molecule has 2 saturated heterocycles. The van der Waals surface area contributed by atoms with Crippen LogP contribution in [0, 0.1) is 5.92 Å². The fourth-order valence-corrected chi connectivity index (χ4v) is 7.41. The predicted octanol–water partition coefficient (Wildman–Crippen LogP) is 1.30. The zero-order valence-electron chi connectivity index (χ0n) is 18.4. The number of carbonyl (C=O) groups excluding carboxylic acids is 1. The molecular formula is C21H26N4O6S2. The SMILES string of the molecule is CCOc1ccc(N2C(=O)[C@@H](C)CS2(=O)=O)cc1S(=O)(=O)N1CCN(c2ccccn2)CC1. The van der Waals surface area contributed by atoms with Crippen LogP contribution in [0.5, 0.6) is 5.75 Å². The fraction of sp³-hybridized carbons (Fsp3) is 0.429. The Morgan fingerprint density at radius 2 is 1.85 bits per heavy atom. The topological polar surface area (TPSA) is 117 Å². The number of ether oxygens (including phenoxy) is 1. The van der Waals surface area contributed by atoms with Crippen molar-refractivity contribution in [1.82, 2.24) is 9.29 Å². The first-order chi connectivity index (χ1) is 15.6. The number of benzene rings is 1. The lowest BCUT2D eigenvalue weighted by molar-refractivity contribution is -0.119. The van der Waals surface area contributed by atoms with E-state index in [4.69, 9.17) is 4.74 Å². The highest BCUT2D eigenvalue weighted by Crippen LogP contribution is 2.35. The van der Waals surface area contributed by atoms with Crippen molar-refractivity contribution in [3.8, 4) is 5.75 Å². The molecule has 2 aliphatic rings. The molecule has 2 fully saturated rings. The molecule has 0 radical (unpaired) electrons. The van der Waals surface area contributed by atoms with Gasteiger partial charge in [0.25, 0.3) is 0 Å². The van der Waals surface area contributed by atoms with Crippen molar-refractivity contribution in [2.45, 2.75) is 18.7 Å². The summed E-state index contributed by atoms with van der Waals surface area (Å²) >= 11 is 0. The molecule has 12 heteroatoms. The van der Waals surface area contributed by atoms with Gasteiger partial charge in [-0.1, -0.05) is 13.0 Å². The molecule has 0 bridgehead atoms. The molecule has 10 nitrogen and oxygen atoms in total. The minimum atomic E-state index is -4.01. The highest BCUT2D eigenvalue weighted by molar-refractivity contribution is 7.94. The van der Waals surface area contributed by atoms with Gasteiger partial charge in [0, 0.05) is 32.4 Å². The summed E-state index contributed by atoms with van der Waals surface area (Å²) in [4.78, 5) is 18.7. The van der Waals surface area contributed by atoms with E-state index >= 15 is 0 Å². The zero-order chi connectivity index (χ0) is 23.8. The van der Waals surface area contributed by atoms with Crippen molar-refractivity contribution < 1.29 is 26.4 Å². The molecule has 178 valence electrons. The van der Waals surface area contributed by atoms with Gasteiger partial charge < -0.3 is 9.64 Å². The number of piperazine rings is 1. The number of amides is 1. The Balaban J connectivity index is 1.65. The molecule has 4 rings (SSSR count). The number of nitrogens with zero attached hydrogens (tertiary/aromatic N) is 4. The van der Waals surface area contributed by atoms with Crippen molar-refractivity contribution in [3.63, 3.8) is 0 Å². The maximum atomic E-state index is 13.6. The van der Waals surface area contributed by atoms with Crippen molar-refractivity contribution in [3.05, 3.63) is 42.6 Å². The first-order valence-electron chi connectivity index (χ1n) is 10.6. The van der Waals surface area contributed by atoms with E-state index in [1.165, 1.54) is 29.4 Å². The molecule has 1 atom stereocenters. The Kier molecular flexibility index (Phi) is 6.34. The van der Waals surface area contributed by atoms with Crippen LogP contribution in [-0.2, 0) is 24.8 Å². The Morgan fingerprint density at radius 3 is 2.42 bits per heavy atom. The van der Waals surface area contributed by atoms with Gasteiger partial charge in [-0.25, -0.2) is 26.1 Å². The van der Waals surface area contributed by atoms with Gasteiger partial charge in [-0.3, -0.25) is 4.79 Å². The summed E-state index contributed by atoms with van der Waals surface area (Å²) < 4.78 is 59.8. The molecule has 1 amide bonds. The predicted molar refractivity (Wildman–Crippen MR) is 123 cm³/mol. The van der Waals surface area contributed by atoms with E-state index in [-0.39, 0.29) is 41.8 Å². The summed E-state index contributed by atoms with van der Waals surface area (Å²) in [5.74, 6) is -0.687. The molecule has 2 aliphatic heterocycles. The monoisotopic (exact) mass is 494 g/mol. The van der Waals surface area contributed by atoms with Gasteiger partial charge in [0.1, 0.15) is 16.5 Å². The lowest BCUT2D eigenvalue weighted by atomic mass is 10.2. The third-order valence-electron chi connectivity index (χ3n) is 5.65. The smallest absolute Gasteiger partial charge is 0.246 e. The standard InChI is InChI=1S/C21H26N4O6S2/c1-3-31-18-8-7-17(25-21(26)16(2)15-32(25,27)28)14-19(18)33(29,30)24-12-10-23(11-13-24)20-6-4-5-9-22-20/h4-9,14,16H,3,10-13,15H2,1-2H3/t16-/m0/s1. The van der Waals surface area contributed by atoms with Crippen LogP contribution in [0.1, 0.15) is 13.8 Å². The summed E-state index contributed by atoms with van der Waals surface area (Å²) in [5, 5.41) is 0. The molecule has 33 heavy (non-hydrogen) atoms. The maximum Gasteiger partial charge on any atom is 0.246 e. The van der Waals surface area contributed by atoms with Crippen molar-refractivity contribution >= 4 is 37.5 Å². The molecule has 1 aromatic carbocycles. The lowest BCUT2D eigenvalue weighted by Gasteiger charge is -2.35. The summed E-state index contributed by atoms with van der Waals surface area (Å²) in [7, 11) is -7.88. The number of rotatable bonds is 6. The van der Waals surface area contributed by atoms with Crippen LogP contribution >= 0.6 is 0 Å². The van der Waals surface area contributed by atoms with Crippen LogP contribution in [0.25, 0.3) is 0 Å². The van der Waals surface area contributed by atoms with Gasteiger partial charge in [0.2, 0.25) is 26.0 Å². The van der Waals surface area contributed by atoms with Crippen LogP contribution < -0.4 is 13.9 Å². The number of aromatic nitrogens is 1. The van der Waals surface area contributed by atoms with Gasteiger partial charge in [0.05, 0.1) is 24.0 Å². The van der Waals surface area contributed by atoms with Crippen molar-refractivity contribution in [1.29, 1.82) is 0 Å². The third-order valence-corrected chi connectivity index (χ3v) is 9.44. The van der Waals surface area contributed by atoms with Crippen LogP contribution in [0.2, 0.25) is 0 Å². The molecule has 0 aliphatic carbocycles. The van der Waals surface area contributed by atoms with Crippen LogP contribution in [0.15, 0.2) is 47.5 Å². The molecule has 0 unspecified atom stereocenters. The first-order valence-corrected chi connectivity index (χ1v) is 13.7. The van der Waals surface area contributed by atoms with E-state index in [2.05, 4.69) is 4.98 Å². The second-order valence-corrected chi connectivity index (χ2v) is 11.7. The van der Waals surface area contributed by atoms with E-state index in [0.717, 1.165) is 5.82 Å². The first kappa shape index (κ1) is 23.5. The third kappa shape index (κ3) is 4.42. The fourth-order valence-electron chi connectivity index (χ4n) is 4.02. The molecular weight excluding hydrogens is 468 g/mol. The quantitative estimate of drug-likeness (QED) is 0.590. The zero-order valence-corrected chi connectivity index (χ0v) is 20.0. The summed E-state index contributed by atoms with van der Waals surface area (Å²) in [6, 6.07) is 9.59. The highest BCUT2D eigenvalue weighted by atomic mass is 32.2. The van der Waals surface area contributed by atoms with Gasteiger partial charge >= 0.3 is 0 Å². The van der Waals surface area contributed by atoms with Gasteiger partial charge in [-0.15, -0.1) is 0 Å². The number of anilines is 2. The molecule has 0 saturated carbocycles. The van der Waals surface area contributed by atoms with E-state index in [1.807, 2.05) is 23.1 Å². The Labute approximate surface area is 193 Å². The Hall–Kier alpha value is -2.70. The molecule has 2 aromatic rings. The van der Waals surface area contributed by atoms with Crippen molar-refractivity contribution in [2.75, 3.05) is 47.7 Å². The van der Waals surface area contributed by atoms with E-state index in [1.54, 1.807) is 13.1 Å². The number of hydrogen-bond donors (Lipinski definition) is 0. The molecule has 1 aromatic heterocycles. The van der Waals surface area contributed by atoms with Crippen LogP contribution in [0.4, 0.5) is 11.5 Å². The van der Waals surface area contributed by atoms with Gasteiger partial charge in [0.15, 0.2) is 0 Å². The average Bonchev–Trinajstić information content (AvgIpc) is 3.01. The minimum Gasteiger partial charge on any atom is -0.492 e. The Bertz CT molecular complexity index is 1240. The normalized spacial score (nSPS) is 21.4. The second kappa shape index (κ2) is 8.92. The molecule has 0 N–H and O–H groups in total. The minimum absolute atomic E-state index is 0.00139. The lowest BCUT2D eigenvalue weighted by Crippen LogP contribution is -2.49. The second-order valence-electron chi connectivity index (χ2n) is 7.93. The number of carbonyl (C=O) groups is 1. The van der Waals surface area contributed by atoms with E-state index in [9.17, 15) is 21.6 Å². The summed E-state index contributed by atoms with van der Waals surface area (Å²) in [6.45, 7) is 4.86.